The molecule has 1 aliphatic rings. The zero-order valence-electron chi connectivity index (χ0n) is 7.23. The van der Waals surface area contributed by atoms with E-state index < -0.39 is 10.1 Å². The van der Waals surface area contributed by atoms with Gasteiger partial charge in [-0.2, -0.15) is 0 Å². The maximum absolute atomic E-state index is 11.0. The maximum Gasteiger partial charge on any atom is 0.239 e. The molecule has 2 nitrogen and oxygen atoms in total. The molecule has 0 bridgehead atoms. The van der Waals surface area contributed by atoms with Crippen LogP contribution in [-0.4, -0.2) is 16.7 Å². The minimum atomic E-state index is -1.56. The second-order valence-corrected chi connectivity index (χ2v) is 4.96. The van der Waals surface area contributed by atoms with Gasteiger partial charge in [-0.15, -0.1) is 0 Å². The zero-order chi connectivity index (χ0) is 10.2. The monoisotopic (exact) mass is 242 g/mol. The number of rotatable bonds is 3. The fraction of sp³-hybridized carbons (Fsp3) is 0.625. The van der Waals surface area contributed by atoms with Crippen molar-refractivity contribution < 1.29 is 9.53 Å². The van der Waals surface area contributed by atoms with Crippen molar-refractivity contribution in [2.75, 3.05) is 6.61 Å². The first kappa shape index (κ1) is 11.2. The van der Waals surface area contributed by atoms with Crippen LogP contribution in [0.15, 0.2) is 10.8 Å². The van der Waals surface area contributed by atoms with E-state index in [0.29, 0.717) is 12.5 Å². The predicted molar refractivity (Wildman–Crippen MR) is 53.1 cm³/mol. The molecule has 0 amide bonds. The van der Waals surface area contributed by atoms with Crippen LogP contribution in [0.25, 0.3) is 0 Å². The van der Waals surface area contributed by atoms with Crippen LogP contribution in [-0.2, 0) is 9.53 Å². The first-order valence-electron chi connectivity index (χ1n) is 3.83. The molecule has 0 N–H and O–H groups in total. The number of Topliss-reactive ketones (excluding diaryl/α,β-unsaturated/α-hetero) is 1. The number of allylic oxidation sites excluding steroid dienone is 2. The van der Waals surface area contributed by atoms with Crippen molar-refractivity contribution >= 4 is 40.6 Å². The molecule has 0 spiro atoms. The van der Waals surface area contributed by atoms with Gasteiger partial charge < -0.3 is 4.74 Å². The van der Waals surface area contributed by atoms with Crippen LogP contribution < -0.4 is 0 Å². The fourth-order valence-electron chi connectivity index (χ4n) is 0.823. The third-order valence-corrected chi connectivity index (χ3v) is 2.56. The number of carbonyl (C=O) groups excluding carboxylic acids is 1. The van der Waals surface area contributed by atoms with E-state index in [4.69, 9.17) is 39.5 Å². The predicted octanol–water partition coefficient (Wildman–Crippen LogP) is 2.87. The lowest BCUT2D eigenvalue weighted by molar-refractivity contribution is -0.118. The Morgan fingerprint density at radius 2 is 2.00 bits per heavy atom. The molecule has 0 atom stereocenters. The van der Waals surface area contributed by atoms with E-state index in [1.165, 1.54) is 0 Å². The van der Waals surface area contributed by atoms with Gasteiger partial charge in [0.1, 0.15) is 5.03 Å². The lowest BCUT2D eigenvalue weighted by Crippen LogP contribution is -2.41. The Bertz CT molecular complexity index is 269. The van der Waals surface area contributed by atoms with Crippen LogP contribution >= 0.6 is 34.8 Å². The molecule has 0 radical (unpaired) electrons. The van der Waals surface area contributed by atoms with Gasteiger partial charge in [-0.05, 0) is 5.92 Å². The Morgan fingerprint density at radius 3 is 2.38 bits per heavy atom. The van der Waals surface area contributed by atoms with E-state index in [9.17, 15) is 4.79 Å². The van der Waals surface area contributed by atoms with E-state index >= 15 is 0 Å². The second kappa shape index (κ2) is 3.68. The van der Waals surface area contributed by atoms with E-state index in [-0.39, 0.29) is 10.8 Å². The fourth-order valence-corrected chi connectivity index (χ4v) is 1.84. The van der Waals surface area contributed by atoms with Crippen molar-refractivity contribution in [3.05, 3.63) is 10.8 Å². The van der Waals surface area contributed by atoms with E-state index in [1.54, 1.807) is 0 Å². The SMILES string of the molecule is CC(C)COC1=C(Cl)C(=O)C1(Cl)Cl. The number of ketones is 1. The number of ether oxygens (including phenoxy) is 1. The summed E-state index contributed by atoms with van der Waals surface area (Å²) in [6.45, 7) is 4.39. The van der Waals surface area contributed by atoms with Crippen LogP contribution in [0, 0.1) is 5.92 Å². The lowest BCUT2D eigenvalue weighted by atomic mass is 10.0. The number of hydrogen-bond acceptors (Lipinski definition) is 2. The first-order chi connectivity index (χ1) is 5.87. The first-order valence-corrected chi connectivity index (χ1v) is 4.96. The summed E-state index contributed by atoms with van der Waals surface area (Å²) in [7, 11) is 0. The molecule has 0 aromatic carbocycles. The highest BCUT2D eigenvalue weighted by atomic mass is 35.5. The molecule has 5 heteroatoms. The Kier molecular flexibility index (Phi) is 3.16. The molecule has 13 heavy (non-hydrogen) atoms. The van der Waals surface area contributed by atoms with E-state index in [0.717, 1.165) is 0 Å². The van der Waals surface area contributed by atoms with Gasteiger partial charge in [-0.3, -0.25) is 4.79 Å². The minimum absolute atomic E-state index is 0.00523. The molecule has 74 valence electrons. The van der Waals surface area contributed by atoms with Crippen LogP contribution in [0.5, 0.6) is 0 Å². The highest BCUT2D eigenvalue weighted by Crippen LogP contribution is 2.46. The molecule has 0 aromatic rings. The summed E-state index contributed by atoms with van der Waals surface area (Å²) < 4.78 is 3.64. The van der Waals surface area contributed by atoms with Gasteiger partial charge in [-0.1, -0.05) is 48.7 Å². The molecular formula is C8H9Cl3O2. The molecule has 0 aliphatic heterocycles. The largest absolute Gasteiger partial charge is 0.492 e. The van der Waals surface area contributed by atoms with Gasteiger partial charge in [0.25, 0.3) is 0 Å². The Labute approximate surface area is 91.8 Å². The van der Waals surface area contributed by atoms with Gasteiger partial charge >= 0.3 is 0 Å². The molecule has 1 rings (SSSR count). The van der Waals surface area contributed by atoms with E-state index in [1.807, 2.05) is 13.8 Å². The highest BCUT2D eigenvalue weighted by molar-refractivity contribution is 6.69. The van der Waals surface area contributed by atoms with Crippen molar-refractivity contribution in [3.8, 4) is 0 Å². The van der Waals surface area contributed by atoms with Crippen LogP contribution in [0.3, 0.4) is 0 Å². The Hall–Kier alpha value is 0.0800. The molecule has 0 saturated carbocycles. The summed E-state index contributed by atoms with van der Waals surface area (Å²) in [5, 5.41) is 0.00523. The van der Waals surface area contributed by atoms with Crippen molar-refractivity contribution in [3.63, 3.8) is 0 Å². The topological polar surface area (TPSA) is 26.3 Å². The number of alkyl halides is 2. The quantitative estimate of drug-likeness (QED) is 0.713. The summed E-state index contributed by atoms with van der Waals surface area (Å²) in [5.41, 5.74) is 0. The van der Waals surface area contributed by atoms with Gasteiger partial charge in [0, 0.05) is 0 Å². The highest BCUT2D eigenvalue weighted by Gasteiger charge is 2.53. The Morgan fingerprint density at radius 1 is 1.46 bits per heavy atom. The smallest absolute Gasteiger partial charge is 0.239 e. The molecule has 0 aromatic heterocycles. The van der Waals surface area contributed by atoms with Gasteiger partial charge in [0.05, 0.1) is 6.61 Å². The summed E-state index contributed by atoms with van der Waals surface area (Å²) in [6.07, 6.45) is 0. The van der Waals surface area contributed by atoms with Crippen molar-refractivity contribution in [1.29, 1.82) is 0 Å². The van der Waals surface area contributed by atoms with E-state index in [2.05, 4.69) is 0 Å². The zero-order valence-corrected chi connectivity index (χ0v) is 9.50. The molecular weight excluding hydrogens is 234 g/mol. The number of hydrogen-bond donors (Lipinski definition) is 0. The minimum Gasteiger partial charge on any atom is -0.492 e. The van der Waals surface area contributed by atoms with Gasteiger partial charge in [0.15, 0.2) is 5.76 Å². The average molecular weight is 244 g/mol. The second-order valence-electron chi connectivity index (χ2n) is 3.25. The van der Waals surface area contributed by atoms with Gasteiger partial charge in [0.2, 0.25) is 10.1 Å². The third kappa shape index (κ3) is 1.95. The average Bonchev–Trinajstić information content (AvgIpc) is 2.02. The summed E-state index contributed by atoms with van der Waals surface area (Å²) in [6, 6.07) is 0. The third-order valence-electron chi connectivity index (χ3n) is 1.53. The maximum atomic E-state index is 11.0. The van der Waals surface area contributed by atoms with Crippen molar-refractivity contribution in [2.45, 2.75) is 18.2 Å². The summed E-state index contributed by atoms with van der Waals surface area (Å²) in [5.74, 6) is 0.0178. The van der Waals surface area contributed by atoms with Crippen LogP contribution in [0.2, 0.25) is 0 Å². The summed E-state index contributed by atoms with van der Waals surface area (Å²) in [4.78, 5) is 11.0. The standard InChI is InChI=1S/C8H9Cl3O2/c1-4(2)3-13-7-5(9)6(12)8(7,10)11/h4H,3H2,1-2H3. The molecule has 0 unspecified atom stereocenters. The number of carbonyl (C=O) groups is 1. The molecule has 1 aliphatic carbocycles. The lowest BCUT2D eigenvalue weighted by Gasteiger charge is -2.31. The van der Waals surface area contributed by atoms with Crippen LogP contribution in [0.4, 0.5) is 0 Å². The van der Waals surface area contributed by atoms with Crippen LogP contribution in [0.1, 0.15) is 13.8 Å². The molecule has 0 heterocycles. The Balaban J connectivity index is 2.66. The molecule has 0 fully saturated rings. The summed E-state index contributed by atoms with van der Waals surface area (Å²) >= 11 is 16.9. The van der Waals surface area contributed by atoms with Gasteiger partial charge in [-0.25, -0.2) is 0 Å². The van der Waals surface area contributed by atoms with Crippen molar-refractivity contribution in [1.82, 2.24) is 0 Å². The van der Waals surface area contributed by atoms with Crippen molar-refractivity contribution in [2.24, 2.45) is 5.92 Å². The number of halogens is 3. The normalized spacial score (nSPS) is 20.6. The molecule has 0 saturated heterocycles.